The maximum Gasteiger partial charge on any atom is 0.346 e. The SMILES string of the molecule is COC(=O)c1c(C)[nH]c(C(=O)[C@H](C)OC(=O)c2c(C)noc2N)c1C. The van der Waals surface area contributed by atoms with Gasteiger partial charge in [-0.05, 0) is 33.3 Å². The Morgan fingerprint density at radius 1 is 1.16 bits per heavy atom. The van der Waals surface area contributed by atoms with E-state index in [-0.39, 0.29) is 28.4 Å². The molecule has 1 atom stereocenters. The van der Waals surface area contributed by atoms with Crippen molar-refractivity contribution in [3.05, 3.63) is 33.8 Å². The first-order chi connectivity index (χ1) is 11.7. The van der Waals surface area contributed by atoms with E-state index in [2.05, 4.69) is 10.1 Å². The van der Waals surface area contributed by atoms with Crippen LogP contribution >= 0.6 is 0 Å². The molecule has 2 aromatic rings. The number of aryl methyl sites for hydroxylation is 2. The smallest absolute Gasteiger partial charge is 0.346 e. The van der Waals surface area contributed by atoms with E-state index < -0.39 is 23.8 Å². The molecule has 2 aromatic heterocycles. The third-order valence-corrected chi connectivity index (χ3v) is 3.82. The molecule has 3 N–H and O–H groups in total. The van der Waals surface area contributed by atoms with Gasteiger partial charge in [-0.25, -0.2) is 9.59 Å². The van der Waals surface area contributed by atoms with E-state index in [9.17, 15) is 14.4 Å². The van der Waals surface area contributed by atoms with Gasteiger partial charge in [-0.1, -0.05) is 5.16 Å². The second kappa shape index (κ2) is 6.80. The monoisotopic (exact) mass is 349 g/mol. The van der Waals surface area contributed by atoms with Crippen molar-refractivity contribution in [2.45, 2.75) is 33.8 Å². The number of carbonyl (C=O) groups excluding carboxylic acids is 3. The number of aromatic nitrogens is 2. The molecular weight excluding hydrogens is 330 g/mol. The number of Topliss-reactive ketones (excluding diaryl/α,β-unsaturated/α-hetero) is 1. The van der Waals surface area contributed by atoms with Crippen LogP contribution in [0.25, 0.3) is 0 Å². The number of methoxy groups -OCH3 is 1. The van der Waals surface area contributed by atoms with Gasteiger partial charge in [-0.15, -0.1) is 0 Å². The molecule has 25 heavy (non-hydrogen) atoms. The van der Waals surface area contributed by atoms with Crippen molar-refractivity contribution in [2.75, 3.05) is 12.8 Å². The van der Waals surface area contributed by atoms with Gasteiger partial charge in [-0.3, -0.25) is 4.79 Å². The molecule has 0 radical (unpaired) electrons. The summed E-state index contributed by atoms with van der Waals surface area (Å²) in [5.41, 5.74) is 7.15. The number of nitrogen functional groups attached to an aromatic ring is 1. The van der Waals surface area contributed by atoms with Crippen molar-refractivity contribution < 1.29 is 28.4 Å². The number of H-pyrrole nitrogens is 1. The van der Waals surface area contributed by atoms with E-state index in [1.807, 2.05) is 0 Å². The van der Waals surface area contributed by atoms with Crippen LogP contribution in [0.1, 0.15) is 55.1 Å². The molecule has 134 valence electrons. The summed E-state index contributed by atoms with van der Waals surface area (Å²) in [6.07, 6.45) is -1.11. The molecule has 0 unspecified atom stereocenters. The number of carbonyl (C=O) groups is 3. The normalized spacial score (nSPS) is 11.9. The Morgan fingerprint density at radius 2 is 1.80 bits per heavy atom. The van der Waals surface area contributed by atoms with E-state index in [0.29, 0.717) is 11.3 Å². The third kappa shape index (κ3) is 3.25. The van der Waals surface area contributed by atoms with E-state index in [0.717, 1.165) is 0 Å². The minimum absolute atomic E-state index is 0.0192. The fourth-order valence-electron chi connectivity index (χ4n) is 2.52. The number of aromatic amines is 1. The lowest BCUT2D eigenvalue weighted by Crippen LogP contribution is -2.26. The van der Waals surface area contributed by atoms with E-state index in [1.165, 1.54) is 21.0 Å². The summed E-state index contributed by atoms with van der Waals surface area (Å²) in [5.74, 6) is -2.03. The van der Waals surface area contributed by atoms with Gasteiger partial charge in [-0.2, -0.15) is 0 Å². The molecule has 2 heterocycles. The predicted octanol–water partition coefficient (Wildman–Crippen LogP) is 1.72. The predicted molar refractivity (Wildman–Crippen MR) is 86.5 cm³/mol. The maximum atomic E-state index is 12.6. The zero-order chi connectivity index (χ0) is 18.9. The number of rotatable bonds is 5. The van der Waals surface area contributed by atoms with Crippen molar-refractivity contribution >= 4 is 23.6 Å². The maximum absolute atomic E-state index is 12.6. The van der Waals surface area contributed by atoms with Gasteiger partial charge in [0.1, 0.15) is 5.56 Å². The van der Waals surface area contributed by atoms with Crippen LogP contribution in [-0.2, 0) is 9.47 Å². The van der Waals surface area contributed by atoms with Gasteiger partial charge in [0.15, 0.2) is 6.10 Å². The Balaban J connectivity index is 2.24. The fourth-order valence-corrected chi connectivity index (χ4v) is 2.52. The van der Waals surface area contributed by atoms with E-state index in [1.54, 1.807) is 13.8 Å². The van der Waals surface area contributed by atoms with Crippen LogP contribution in [0.4, 0.5) is 5.88 Å². The lowest BCUT2D eigenvalue weighted by atomic mass is 10.1. The minimum Gasteiger partial charge on any atom is -0.465 e. The molecule has 0 fully saturated rings. The van der Waals surface area contributed by atoms with Crippen molar-refractivity contribution in [3.8, 4) is 0 Å². The molecule has 0 amide bonds. The van der Waals surface area contributed by atoms with E-state index in [4.69, 9.17) is 19.7 Å². The van der Waals surface area contributed by atoms with Gasteiger partial charge in [0.05, 0.1) is 24.1 Å². The number of nitrogens with two attached hydrogens (primary N) is 1. The number of anilines is 1. The van der Waals surface area contributed by atoms with Crippen LogP contribution in [0.5, 0.6) is 0 Å². The first kappa shape index (κ1) is 18.2. The molecule has 9 heteroatoms. The molecule has 0 aliphatic carbocycles. The summed E-state index contributed by atoms with van der Waals surface area (Å²) in [6.45, 7) is 6.21. The molecule has 0 aliphatic rings. The average Bonchev–Trinajstić information content (AvgIpc) is 3.04. The zero-order valence-electron chi connectivity index (χ0n) is 14.6. The number of nitrogens with zero attached hydrogens (tertiary/aromatic N) is 1. The lowest BCUT2D eigenvalue weighted by Gasteiger charge is -2.12. The standard InChI is InChI=1S/C16H19N3O6/c1-6-10(15(21)23-5)7(2)18-12(6)13(20)9(4)24-16(22)11-8(3)19-25-14(11)17/h9,18H,17H2,1-5H3/t9-/m0/s1. The minimum atomic E-state index is -1.11. The second-order valence-electron chi connectivity index (χ2n) is 5.54. The molecule has 9 nitrogen and oxygen atoms in total. The molecule has 0 saturated carbocycles. The molecule has 0 spiro atoms. The highest BCUT2D eigenvalue weighted by molar-refractivity contribution is 6.05. The highest BCUT2D eigenvalue weighted by Crippen LogP contribution is 2.22. The van der Waals surface area contributed by atoms with Crippen LogP contribution < -0.4 is 5.73 Å². The summed E-state index contributed by atoms with van der Waals surface area (Å²) in [4.78, 5) is 39.4. The lowest BCUT2D eigenvalue weighted by molar-refractivity contribution is 0.0316. The molecular formula is C16H19N3O6. The number of hydrogen-bond donors (Lipinski definition) is 2. The van der Waals surface area contributed by atoms with Crippen molar-refractivity contribution in [1.29, 1.82) is 0 Å². The average molecular weight is 349 g/mol. The molecule has 0 aromatic carbocycles. The summed E-state index contributed by atoms with van der Waals surface area (Å²) in [6, 6.07) is 0. The Kier molecular flexibility index (Phi) is 4.96. The van der Waals surface area contributed by atoms with Crippen LogP contribution in [0.3, 0.4) is 0 Å². The highest BCUT2D eigenvalue weighted by atomic mass is 16.5. The number of ether oxygens (including phenoxy) is 2. The largest absolute Gasteiger partial charge is 0.465 e. The first-order valence-electron chi connectivity index (χ1n) is 7.43. The summed E-state index contributed by atoms with van der Waals surface area (Å²) >= 11 is 0. The van der Waals surface area contributed by atoms with Crippen LogP contribution in [0.15, 0.2) is 4.52 Å². The van der Waals surface area contributed by atoms with Crippen LogP contribution in [-0.4, -0.2) is 41.1 Å². The Bertz CT molecular complexity index is 829. The fraction of sp³-hybridized carbons (Fsp3) is 0.375. The van der Waals surface area contributed by atoms with Crippen LogP contribution in [0.2, 0.25) is 0 Å². The molecule has 0 saturated heterocycles. The Labute approximate surface area is 143 Å². The molecule has 0 bridgehead atoms. The van der Waals surface area contributed by atoms with Gasteiger partial charge in [0, 0.05) is 5.69 Å². The summed E-state index contributed by atoms with van der Waals surface area (Å²) in [7, 11) is 1.26. The van der Waals surface area contributed by atoms with Crippen molar-refractivity contribution in [2.24, 2.45) is 0 Å². The number of ketones is 1. The van der Waals surface area contributed by atoms with Gasteiger partial charge >= 0.3 is 11.9 Å². The quantitative estimate of drug-likeness (QED) is 0.615. The summed E-state index contributed by atoms with van der Waals surface area (Å²) in [5, 5.41) is 3.56. The summed E-state index contributed by atoms with van der Waals surface area (Å²) < 4.78 is 14.6. The second-order valence-corrected chi connectivity index (χ2v) is 5.54. The highest BCUT2D eigenvalue weighted by Gasteiger charge is 2.29. The van der Waals surface area contributed by atoms with Crippen molar-refractivity contribution in [3.63, 3.8) is 0 Å². The zero-order valence-corrected chi connectivity index (χ0v) is 14.6. The van der Waals surface area contributed by atoms with Gasteiger partial charge < -0.3 is 24.7 Å². The Hall–Kier alpha value is -3.10. The Morgan fingerprint density at radius 3 is 2.32 bits per heavy atom. The van der Waals surface area contributed by atoms with E-state index >= 15 is 0 Å². The van der Waals surface area contributed by atoms with Gasteiger partial charge in [0.2, 0.25) is 11.7 Å². The van der Waals surface area contributed by atoms with Gasteiger partial charge in [0.25, 0.3) is 0 Å². The topological polar surface area (TPSA) is 138 Å². The third-order valence-electron chi connectivity index (χ3n) is 3.82. The molecule has 2 rings (SSSR count). The first-order valence-corrected chi connectivity index (χ1v) is 7.43. The number of esters is 2. The molecule has 0 aliphatic heterocycles. The van der Waals surface area contributed by atoms with Crippen molar-refractivity contribution in [1.82, 2.24) is 10.1 Å². The van der Waals surface area contributed by atoms with Crippen LogP contribution in [0, 0.1) is 20.8 Å². The number of hydrogen-bond acceptors (Lipinski definition) is 8. The number of nitrogens with one attached hydrogen (secondary N) is 1.